The molecule has 0 saturated heterocycles. The van der Waals surface area contributed by atoms with E-state index in [-0.39, 0.29) is 5.91 Å². The van der Waals surface area contributed by atoms with E-state index in [0.717, 1.165) is 17.0 Å². The zero-order valence-corrected chi connectivity index (χ0v) is 12.2. The molecule has 0 fully saturated rings. The fourth-order valence-corrected chi connectivity index (χ4v) is 3.06. The van der Waals surface area contributed by atoms with Gasteiger partial charge in [-0.05, 0) is 19.1 Å². The molecule has 0 radical (unpaired) electrons. The van der Waals surface area contributed by atoms with E-state index in [1.54, 1.807) is 17.9 Å². The number of hydrogen-bond donors (Lipinski definition) is 1. The van der Waals surface area contributed by atoms with Gasteiger partial charge in [-0.3, -0.25) is 15.1 Å². The molecule has 3 aromatic heterocycles. The van der Waals surface area contributed by atoms with E-state index in [0.29, 0.717) is 10.0 Å². The summed E-state index contributed by atoms with van der Waals surface area (Å²) in [5.41, 5.74) is 4.13. The Morgan fingerprint density at radius 1 is 1.35 bits per heavy atom. The number of pyridine rings is 1. The highest BCUT2D eigenvalue weighted by molar-refractivity contribution is 7.14. The summed E-state index contributed by atoms with van der Waals surface area (Å²) in [5, 5.41) is 5.26. The van der Waals surface area contributed by atoms with Gasteiger partial charge < -0.3 is 0 Å². The molecule has 0 aliphatic carbocycles. The first kappa shape index (κ1) is 12.9. The largest absolute Gasteiger partial charge is 0.297 e. The van der Waals surface area contributed by atoms with Crippen molar-refractivity contribution >= 4 is 33.7 Å². The normalized spacial score (nSPS) is 10.4. The standard InChI is InChI=1S/C13H10N4OS2/c1-8-11(20-7-15-8)12(18)17-13-16-10(6-19-13)9-3-2-4-14-5-9/h2-7H,1H3,(H,16,17,18). The zero-order chi connectivity index (χ0) is 13.9. The number of aromatic nitrogens is 3. The van der Waals surface area contributed by atoms with E-state index in [1.807, 2.05) is 24.4 Å². The summed E-state index contributed by atoms with van der Waals surface area (Å²) in [7, 11) is 0. The molecule has 1 amide bonds. The summed E-state index contributed by atoms with van der Waals surface area (Å²) in [4.78, 5) is 25.2. The number of carbonyl (C=O) groups excluding carboxylic acids is 1. The number of anilines is 1. The van der Waals surface area contributed by atoms with Crippen molar-refractivity contribution in [3.8, 4) is 11.3 Å². The molecule has 0 aromatic carbocycles. The van der Waals surface area contributed by atoms with Crippen LogP contribution in [-0.4, -0.2) is 20.9 Å². The van der Waals surface area contributed by atoms with Gasteiger partial charge in [-0.15, -0.1) is 22.7 Å². The van der Waals surface area contributed by atoms with Crippen LogP contribution >= 0.6 is 22.7 Å². The summed E-state index contributed by atoms with van der Waals surface area (Å²) < 4.78 is 0. The van der Waals surface area contributed by atoms with Gasteiger partial charge in [0.1, 0.15) is 4.88 Å². The van der Waals surface area contributed by atoms with Crippen molar-refractivity contribution in [2.45, 2.75) is 6.92 Å². The van der Waals surface area contributed by atoms with Gasteiger partial charge in [-0.2, -0.15) is 0 Å². The van der Waals surface area contributed by atoms with Gasteiger partial charge in [0.05, 0.1) is 16.9 Å². The number of carbonyl (C=O) groups is 1. The molecule has 0 aliphatic heterocycles. The van der Waals surface area contributed by atoms with Crippen LogP contribution in [0.5, 0.6) is 0 Å². The third-order valence-electron chi connectivity index (χ3n) is 2.63. The molecule has 3 aromatic rings. The Balaban J connectivity index is 1.78. The van der Waals surface area contributed by atoms with Crippen LogP contribution in [0.15, 0.2) is 35.4 Å². The Morgan fingerprint density at radius 3 is 2.95 bits per heavy atom. The summed E-state index contributed by atoms with van der Waals surface area (Å²) >= 11 is 2.71. The average molecular weight is 302 g/mol. The number of amides is 1. The molecule has 5 nitrogen and oxygen atoms in total. The molecule has 0 unspecified atom stereocenters. The second-order valence-corrected chi connectivity index (χ2v) is 5.71. The van der Waals surface area contributed by atoms with Gasteiger partial charge in [0.15, 0.2) is 5.13 Å². The first-order chi connectivity index (χ1) is 9.74. The van der Waals surface area contributed by atoms with Crippen LogP contribution in [0.1, 0.15) is 15.4 Å². The molecule has 20 heavy (non-hydrogen) atoms. The lowest BCUT2D eigenvalue weighted by atomic mass is 10.2. The van der Waals surface area contributed by atoms with Crippen molar-refractivity contribution in [1.82, 2.24) is 15.0 Å². The Hall–Kier alpha value is -2.12. The van der Waals surface area contributed by atoms with Gasteiger partial charge >= 0.3 is 0 Å². The molecule has 0 spiro atoms. The molecule has 0 bridgehead atoms. The van der Waals surface area contributed by atoms with Crippen molar-refractivity contribution in [3.63, 3.8) is 0 Å². The van der Waals surface area contributed by atoms with Gasteiger partial charge in [0, 0.05) is 23.3 Å². The molecule has 0 aliphatic rings. The zero-order valence-electron chi connectivity index (χ0n) is 10.5. The quantitative estimate of drug-likeness (QED) is 0.806. The highest BCUT2D eigenvalue weighted by Crippen LogP contribution is 2.25. The predicted molar refractivity (Wildman–Crippen MR) is 80.1 cm³/mol. The van der Waals surface area contributed by atoms with Crippen LogP contribution in [0, 0.1) is 6.92 Å². The highest BCUT2D eigenvalue weighted by atomic mass is 32.1. The van der Waals surface area contributed by atoms with E-state index in [1.165, 1.54) is 22.7 Å². The van der Waals surface area contributed by atoms with Crippen LogP contribution in [-0.2, 0) is 0 Å². The molecular formula is C13H10N4OS2. The third-order valence-corrected chi connectivity index (χ3v) is 4.32. The first-order valence-corrected chi connectivity index (χ1v) is 7.57. The number of nitrogens with zero attached hydrogens (tertiary/aromatic N) is 3. The van der Waals surface area contributed by atoms with E-state index in [9.17, 15) is 4.79 Å². The van der Waals surface area contributed by atoms with Crippen LogP contribution in [0.4, 0.5) is 5.13 Å². The molecule has 1 N–H and O–H groups in total. The van der Waals surface area contributed by atoms with E-state index >= 15 is 0 Å². The summed E-state index contributed by atoms with van der Waals surface area (Å²) in [6.07, 6.45) is 3.46. The monoisotopic (exact) mass is 302 g/mol. The van der Waals surface area contributed by atoms with Crippen molar-refractivity contribution in [2.75, 3.05) is 5.32 Å². The minimum atomic E-state index is -0.169. The van der Waals surface area contributed by atoms with Crippen molar-refractivity contribution in [1.29, 1.82) is 0 Å². The molecular weight excluding hydrogens is 292 g/mol. The van der Waals surface area contributed by atoms with Crippen molar-refractivity contribution < 1.29 is 4.79 Å². The number of rotatable bonds is 3. The minimum absolute atomic E-state index is 0.169. The molecule has 7 heteroatoms. The van der Waals surface area contributed by atoms with E-state index < -0.39 is 0 Å². The lowest BCUT2D eigenvalue weighted by Gasteiger charge is -1.99. The minimum Gasteiger partial charge on any atom is -0.297 e. The third kappa shape index (κ3) is 2.59. The maximum absolute atomic E-state index is 12.1. The maximum atomic E-state index is 12.1. The van der Waals surface area contributed by atoms with Gasteiger partial charge in [-0.25, -0.2) is 9.97 Å². The lowest BCUT2D eigenvalue weighted by Crippen LogP contribution is -2.11. The molecule has 0 saturated carbocycles. The Labute approximate surface area is 123 Å². The van der Waals surface area contributed by atoms with E-state index in [2.05, 4.69) is 20.3 Å². The maximum Gasteiger partial charge on any atom is 0.269 e. The Morgan fingerprint density at radius 2 is 2.25 bits per heavy atom. The molecule has 100 valence electrons. The van der Waals surface area contributed by atoms with Gasteiger partial charge in [0.2, 0.25) is 0 Å². The van der Waals surface area contributed by atoms with Gasteiger partial charge in [-0.1, -0.05) is 0 Å². The second kappa shape index (κ2) is 5.48. The molecule has 3 heterocycles. The summed E-state index contributed by atoms with van der Waals surface area (Å²) in [6.45, 7) is 1.81. The summed E-state index contributed by atoms with van der Waals surface area (Å²) in [5.74, 6) is -0.169. The summed E-state index contributed by atoms with van der Waals surface area (Å²) in [6, 6.07) is 3.79. The number of hydrogen-bond acceptors (Lipinski definition) is 6. The molecule has 3 rings (SSSR count). The highest BCUT2D eigenvalue weighted by Gasteiger charge is 2.14. The smallest absolute Gasteiger partial charge is 0.269 e. The Bertz CT molecular complexity index is 736. The van der Waals surface area contributed by atoms with Crippen LogP contribution in [0.25, 0.3) is 11.3 Å². The second-order valence-electron chi connectivity index (χ2n) is 4.00. The predicted octanol–water partition coefficient (Wildman–Crippen LogP) is 3.22. The van der Waals surface area contributed by atoms with Crippen molar-refractivity contribution in [3.05, 3.63) is 46.0 Å². The number of thiazole rings is 2. The fraction of sp³-hybridized carbons (Fsp3) is 0.0769. The molecule has 0 atom stereocenters. The van der Waals surface area contributed by atoms with Gasteiger partial charge in [0.25, 0.3) is 5.91 Å². The first-order valence-electron chi connectivity index (χ1n) is 5.81. The van der Waals surface area contributed by atoms with Crippen molar-refractivity contribution in [2.24, 2.45) is 0 Å². The topological polar surface area (TPSA) is 67.8 Å². The van der Waals surface area contributed by atoms with Crippen LogP contribution < -0.4 is 5.32 Å². The fourth-order valence-electron chi connectivity index (χ4n) is 1.65. The SMILES string of the molecule is Cc1ncsc1C(=O)Nc1nc(-c2cccnc2)cs1. The average Bonchev–Trinajstić information content (AvgIpc) is 3.09. The Kier molecular flexibility index (Phi) is 3.53. The van der Waals surface area contributed by atoms with Crippen LogP contribution in [0.3, 0.4) is 0 Å². The van der Waals surface area contributed by atoms with E-state index in [4.69, 9.17) is 0 Å². The number of nitrogens with one attached hydrogen (secondary N) is 1. The van der Waals surface area contributed by atoms with Crippen LogP contribution in [0.2, 0.25) is 0 Å². The number of aryl methyl sites for hydroxylation is 1. The lowest BCUT2D eigenvalue weighted by molar-refractivity contribution is 0.103.